The topological polar surface area (TPSA) is 9.23 Å². The molecule has 0 aliphatic heterocycles. The van der Waals surface area contributed by atoms with E-state index < -0.39 is 5.56 Å². The van der Waals surface area contributed by atoms with Crippen LogP contribution in [0.5, 0.6) is 0 Å². The Morgan fingerprint density at radius 3 is 2.07 bits per heavy atom. The summed E-state index contributed by atoms with van der Waals surface area (Å²) in [6, 6.07) is 1.18. The van der Waals surface area contributed by atoms with Gasteiger partial charge in [0, 0.05) is 6.61 Å². The zero-order valence-electron chi connectivity index (χ0n) is 10.0. The predicted octanol–water partition coefficient (Wildman–Crippen LogP) is 5.50. The molecule has 1 nitrogen and oxygen atoms in total. The highest BCUT2D eigenvalue weighted by Crippen LogP contribution is 2.29. The molecule has 0 aliphatic rings. The highest BCUT2D eigenvalue weighted by molar-refractivity contribution is 9.50. The van der Waals surface area contributed by atoms with Crippen LogP contribution in [0.25, 0.3) is 0 Å². The van der Waals surface area contributed by atoms with Crippen molar-refractivity contribution in [3.05, 3.63) is 0 Å². The maximum atomic E-state index is 5.78. The summed E-state index contributed by atoms with van der Waals surface area (Å²) in [4.78, 5) is 0. The third-order valence-electron chi connectivity index (χ3n) is 2.34. The first kappa shape index (κ1) is 16.1. The maximum absolute atomic E-state index is 5.78. The van der Waals surface area contributed by atoms with Gasteiger partial charge in [0.2, 0.25) is 0 Å². The Hall–Kier alpha value is 1.14. The first-order chi connectivity index (χ1) is 7.12. The molecule has 0 atom stereocenters. The molecule has 15 heavy (non-hydrogen) atoms. The lowest BCUT2D eigenvalue weighted by Crippen LogP contribution is -2.23. The van der Waals surface area contributed by atoms with E-state index in [0.29, 0.717) is 0 Å². The smallest absolute Gasteiger partial charge is 0.336 e. The van der Waals surface area contributed by atoms with Gasteiger partial charge in [-0.1, -0.05) is 83.0 Å². The molecule has 0 unspecified atom stereocenters. The summed E-state index contributed by atoms with van der Waals surface area (Å²) in [5.74, 6) is 0. The van der Waals surface area contributed by atoms with Crippen molar-refractivity contribution < 1.29 is 4.43 Å². The fraction of sp³-hybridized carbons (Fsp3) is 1.00. The predicted molar refractivity (Wildman–Crippen MR) is 78.0 cm³/mol. The van der Waals surface area contributed by atoms with Crippen LogP contribution in [0.3, 0.4) is 0 Å². The molecule has 0 aromatic carbocycles. The van der Waals surface area contributed by atoms with Crippen molar-refractivity contribution in [1.29, 1.82) is 0 Å². The Morgan fingerprint density at radius 2 is 1.47 bits per heavy atom. The fourth-order valence-corrected chi connectivity index (χ4v) is 5.40. The van der Waals surface area contributed by atoms with Gasteiger partial charge in [0.05, 0.1) is 0 Å². The van der Waals surface area contributed by atoms with E-state index in [1.54, 1.807) is 0 Å². The Labute approximate surface area is 112 Å². The normalized spacial score (nSPS) is 12.0. The van der Waals surface area contributed by atoms with Gasteiger partial charge in [0.1, 0.15) is 0 Å². The second kappa shape index (κ2) is 10.3. The molecule has 0 N–H and O–H groups in total. The molecule has 0 radical (unpaired) electrons. The monoisotopic (exact) mass is 358 g/mol. The first-order valence-corrected chi connectivity index (χ1v) is 12.8. The van der Waals surface area contributed by atoms with Crippen LogP contribution in [0.1, 0.15) is 58.8 Å². The molecule has 92 valence electrons. The fourth-order valence-electron chi connectivity index (χ4n) is 1.43. The Bertz CT molecular complexity index is 143. The van der Waals surface area contributed by atoms with Crippen LogP contribution >= 0.6 is 30.6 Å². The van der Waals surface area contributed by atoms with Crippen molar-refractivity contribution in [1.82, 2.24) is 0 Å². The summed E-state index contributed by atoms with van der Waals surface area (Å²) < 4.78 is 5.78. The van der Waals surface area contributed by atoms with Crippen LogP contribution in [0.15, 0.2) is 0 Å². The molecular weight excluding hydrogens is 336 g/mol. The zero-order valence-corrected chi connectivity index (χ0v) is 14.2. The highest BCUT2D eigenvalue weighted by Gasteiger charge is 2.27. The van der Waals surface area contributed by atoms with Crippen molar-refractivity contribution in [3.8, 4) is 0 Å². The van der Waals surface area contributed by atoms with Gasteiger partial charge in [-0.3, -0.25) is 0 Å². The summed E-state index contributed by atoms with van der Waals surface area (Å²) in [6.07, 6.45) is 9.23. The summed E-state index contributed by atoms with van der Waals surface area (Å²) in [6.45, 7) is 5.28. The molecule has 0 aromatic heterocycles. The molecule has 0 saturated heterocycles. The molecule has 0 saturated carbocycles. The number of halogens is 2. The van der Waals surface area contributed by atoms with E-state index in [-0.39, 0.29) is 0 Å². The summed E-state index contributed by atoms with van der Waals surface area (Å²) in [7, 11) is 0. The van der Waals surface area contributed by atoms with Crippen molar-refractivity contribution in [2.75, 3.05) is 6.61 Å². The van der Waals surface area contributed by atoms with E-state index >= 15 is 0 Å². The van der Waals surface area contributed by atoms with Crippen molar-refractivity contribution in [2.24, 2.45) is 0 Å². The van der Waals surface area contributed by atoms with Crippen molar-refractivity contribution >= 4 is 36.1 Å². The molecule has 4 heteroatoms. The SMILES string of the molecule is CCCCCCCC[Si](Br)(Br)OCCC. The Morgan fingerprint density at radius 1 is 0.867 bits per heavy atom. The maximum Gasteiger partial charge on any atom is 0.336 e. The minimum Gasteiger partial charge on any atom is -0.399 e. The van der Waals surface area contributed by atoms with Crippen LogP contribution in [0, 0.1) is 0 Å². The zero-order chi connectivity index (χ0) is 11.6. The van der Waals surface area contributed by atoms with Crippen molar-refractivity contribution in [3.63, 3.8) is 0 Å². The summed E-state index contributed by atoms with van der Waals surface area (Å²) in [5.41, 5.74) is -1.67. The van der Waals surface area contributed by atoms with Gasteiger partial charge in [0.15, 0.2) is 0 Å². The van der Waals surface area contributed by atoms with E-state index in [4.69, 9.17) is 4.43 Å². The molecule has 0 amide bonds. The number of hydrogen-bond donors (Lipinski definition) is 0. The minimum atomic E-state index is -1.67. The Kier molecular flexibility index (Phi) is 11.1. The quantitative estimate of drug-likeness (QED) is 0.284. The molecular formula is C11H24Br2OSi. The van der Waals surface area contributed by atoms with Gasteiger partial charge in [-0.05, 0) is 12.5 Å². The van der Waals surface area contributed by atoms with E-state index in [0.717, 1.165) is 13.0 Å². The lowest BCUT2D eigenvalue weighted by molar-refractivity contribution is 0.327. The van der Waals surface area contributed by atoms with Crippen molar-refractivity contribution in [2.45, 2.75) is 64.8 Å². The third kappa shape index (κ3) is 11.4. The van der Waals surface area contributed by atoms with Gasteiger partial charge in [0.25, 0.3) is 0 Å². The average molecular weight is 360 g/mol. The van der Waals surface area contributed by atoms with Crippen LogP contribution < -0.4 is 0 Å². The lowest BCUT2D eigenvalue weighted by atomic mass is 10.1. The van der Waals surface area contributed by atoms with E-state index in [1.807, 2.05) is 0 Å². The summed E-state index contributed by atoms with van der Waals surface area (Å²) in [5, 5.41) is 0. The van der Waals surface area contributed by atoms with Crippen LogP contribution in [0.4, 0.5) is 0 Å². The largest absolute Gasteiger partial charge is 0.399 e. The second-order valence-corrected chi connectivity index (χ2v) is 16.9. The van der Waals surface area contributed by atoms with Gasteiger partial charge in [-0.15, -0.1) is 0 Å². The first-order valence-electron chi connectivity index (χ1n) is 6.14. The number of hydrogen-bond acceptors (Lipinski definition) is 1. The van der Waals surface area contributed by atoms with Crippen LogP contribution in [0.2, 0.25) is 6.04 Å². The molecule has 0 fully saturated rings. The molecule has 0 spiro atoms. The van der Waals surface area contributed by atoms with Gasteiger partial charge >= 0.3 is 5.56 Å². The molecule has 0 aromatic rings. The summed E-state index contributed by atoms with van der Waals surface area (Å²) >= 11 is 7.40. The number of unbranched alkanes of at least 4 members (excludes halogenated alkanes) is 5. The number of rotatable bonds is 10. The van der Waals surface area contributed by atoms with Crippen LogP contribution in [-0.4, -0.2) is 12.2 Å². The Balaban J connectivity index is 3.32. The molecule has 0 bridgehead atoms. The van der Waals surface area contributed by atoms with Gasteiger partial charge in [-0.25, -0.2) is 0 Å². The lowest BCUT2D eigenvalue weighted by Gasteiger charge is -2.17. The van der Waals surface area contributed by atoms with E-state index in [2.05, 4.69) is 44.4 Å². The minimum absolute atomic E-state index is 0.874. The van der Waals surface area contributed by atoms with E-state index in [1.165, 1.54) is 44.6 Å². The van der Waals surface area contributed by atoms with Gasteiger partial charge in [-0.2, -0.15) is 0 Å². The highest BCUT2D eigenvalue weighted by atomic mass is 79.9. The van der Waals surface area contributed by atoms with Gasteiger partial charge < -0.3 is 4.43 Å². The molecule has 0 heterocycles. The molecule has 0 rings (SSSR count). The molecule has 0 aliphatic carbocycles. The second-order valence-electron chi connectivity index (χ2n) is 4.00. The third-order valence-corrected chi connectivity index (χ3v) is 7.65. The standard InChI is InChI=1S/C11H24Br2OSi/c1-3-5-6-7-8-9-11-15(12,13)14-10-4-2/h3-11H2,1-2H3. The van der Waals surface area contributed by atoms with E-state index in [9.17, 15) is 0 Å². The van der Waals surface area contributed by atoms with Crippen LogP contribution in [-0.2, 0) is 4.43 Å². The average Bonchev–Trinajstić information content (AvgIpc) is 2.20.